The molecule has 0 aliphatic heterocycles. The summed E-state index contributed by atoms with van der Waals surface area (Å²) < 4.78 is 16.1. The van der Waals surface area contributed by atoms with Crippen LogP contribution in [-0.2, 0) is 11.3 Å². The lowest BCUT2D eigenvalue weighted by Gasteiger charge is -2.13. The molecule has 0 unspecified atom stereocenters. The molecule has 0 atom stereocenters. The number of benzene rings is 1. The Balaban J connectivity index is 2.55. The van der Waals surface area contributed by atoms with Crippen molar-refractivity contribution in [1.82, 2.24) is 0 Å². The Morgan fingerprint density at radius 1 is 1.18 bits per heavy atom. The van der Waals surface area contributed by atoms with Crippen molar-refractivity contribution in [2.45, 2.75) is 20.0 Å². The maximum absolute atomic E-state index is 9.21. The van der Waals surface area contributed by atoms with E-state index in [2.05, 4.69) is 6.92 Å². The number of hydrogen-bond acceptors (Lipinski definition) is 4. The molecule has 0 aliphatic rings. The molecule has 0 heterocycles. The Labute approximate surface area is 102 Å². The molecule has 1 N–H and O–H groups in total. The molecule has 0 aromatic heterocycles. The van der Waals surface area contributed by atoms with Crippen LogP contribution in [0.4, 0.5) is 0 Å². The molecule has 0 saturated carbocycles. The lowest BCUT2D eigenvalue weighted by molar-refractivity contribution is 0.0985. The van der Waals surface area contributed by atoms with Crippen molar-refractivity contribution in [3.8, 4) is 11.5 Å². The molecule has 0 amide bonds. The van der Waals surface area contributed by atoms with Crippen LogP contribution in [0.3, 0.4) is 0 Å². The zero-order valence-electron chi connectivity index (χ0n) is 10.4. The molecule has 0 aliphatic carbocycles. The summed E-state index contributed by atoms with van der Waals surface area (Å²) in [5, 5.41) is 9.21. The van der Waals surface area contributed by atoms with Gasteiger partial charge in [-0.25, -0.2) is 0 Å². The molecule has 0 bridgehead atoms. The van der Waals surface area contributed by atoms with Crippen LogP contribution in [0.25, 0.3) is 0 Å². The summed E-state index contributed by atoms with van der Waals surface area (Å²) in [5.41, 5.74) is 0.722. The largest absolute Gasteiger partial charge is 0.493 e. The highest BCUT2D eigenvalue weighted by atomic mass is 16.5. The number of para-hydroxylation sites is 1. The van der Waals surface area contributed by atoms with E-state index in [1.165, 1.54) is 0 Å². The molecule has 0 radical (unpaired) electrons. The third-order valence-corrected chi connectivity index (χ3v) is 2.27. The van der Waals surface area contributed by atoms with E-state index in [9.17, 15) is 5.11 Å². The Hall–Kier alpha value is -1.26. The highest BCUT2D eigenvalue weighted by Crippen LogP contribution is 2.30. The van der Waals surface area contributed by atoms with E-state index in [4.69, 9.17) is 14.2 Å². The van der Waals surface area contributed by atoms with Gasteiger partial charge in [0.15, 0.2) is 11.5 Å². The number of methoxy groups -OCH3 is 1. The van der Waals surface area contributed by atoms with Gasteiger partial charge in [0.1, 0.15) is 6.61 Å². The van der Waals surface area contributed by atoms with Crippen molar-refractivity contribution in [3.63, 3.8) is 0 Å². The van der Waals surface area contributed by atoms with Crippen molar-refractivity contribution in [3.05, 3.63) is 23.8 Å². The highest BCUT2D eigenvalue weighted by molar-refractivity contribution is 5.46. The topological polar surface area (TPSA) is 47.9 Å². The van der Waals surface area contributed by atoms with Crippen LogP contribution >= 0.6 is 0 Å². The van der Waals surface area contributed by atoms with Crippen molar-refractivity contribution in [2.75, 3.05) is 26.9 Å². The molecule has 1 aromatic rings. The third kappa shape index (κ3) is 4.24. The van der Waals surface area contributed by atoms with Gasteiger partial charge in [-0.15, -0.1) is 0 Å². The zero-order chi connectivity index (χ0) is 12.5. The van der Waals surface area contributed by atoms with Crippen molar-refractivity contribution < 1.29 is 19.3 Å². The summed E-state index contributed by atoms with van der Waals surface area (Å²) in [4.78, 5) is 0. The standard InChI is InChI=1S/C13H20O4/c1-3-7-16-8-9-17-13-11(10-14)5-4-6-12(13)15-2/h4-6,14H,3,7-10H2,1-2H3. The lowest BCUT2D eigenvalue weighted by Crippen LogP contribution is -2.09. The number of ether oxygens (including phenoxy) is 3. The Morgan fingerprint density at radius 2 is 2.00 bits per heavy atom. The highest BCUT2D eigenvalue weighted by Gasteiger charge is 2.09. The SMILES string of the molecule is CCCOCCOc1c(CO)cccc1OC. The van der Waals surface area contributed by atoms with Crippen LogP contribution in [0.1, 0.15) is 18.9 Å². The molecule has 4 heteroatoms. The van der Waals surface area contributed by atoms with Crippen LogP contribution in [0.15, 0.2) is 18.2 Å². The molecular formula is C13H20O4. The maximum atomic E-state index is 9.21. The number of hydrogen-bond donors (Lipinski definition) is 1. The Morgan fingerprint density at radius 3 is 2.65 bits per heavy atom. The summed E-state index contributed by atoms with van der Waals surface area (Å²) in [6.07, 6.45) is 0.997. The normalized spacial score (nSPS) is 10.3. The molecule has 17 heavy (non-hydrogen) atoms. The molecule has 96 valence electrons. The van der Waals surface area contributed by atoms with Crippen LogP contribution in [-0.4, -0.2) is 32.0 Å². The number of aliphatic hydroxyl groups excluding tert-OH is 1. The average molecular weight is 240 g/mol. The predicted octanol–water partition coefficient (Wildman–Crippen LogP) is 1.99. The third-order valence-electron chi connectivity index (χ3n) is 2.27. The Bertz CT molecular complexity index is 303. The zero-order valence-corrected chi connectivity index (χ0v) is 10.4. The first kappa shape index (κ1) is 13.8. The minimum absolute atomic E-state index is 0.0671. The molecule has 0 spiro atoms. The van der Waals surface area contributed by atoms with E-state index in [1.54, 1.807) is 13.2 Å². The number of aliphatic hydroxyl groups is 1. The summed E-state index contributed by atoms with van der Waals surface area (Å²) >= 11 is 0. The fraction of sp³-hybridized carbons (Fsp3) is 0.538. The molecule has 4 nitrogen and oxygen atoms in total. The molecule has 1 aromatic carbocycles. The summed E-state index contributed by atoms with van der Waals surface area (Å²) in [5.74, 6) is 1.23. The van der Waals surface area contributed by atoms with E-state index >= 15 is 0 Å². The first-order valence-corrected chi connectivity index (χ1v) is 5.80. The fourth-order valence-electron chi connectivity index (χ4n) is 1.46. The van der Waals surface area contributed by atoms with Gasteiger partial charge in [-0.05, 0) is 12.5 Å². The average Bonchev–Trinajstić information content (AvgIpc) is 2.38. The van der Waals surface area contributed by atoms with Gasteiger partial charge >= 0.3 is 0 Å². The quantitative estimate of drug-likeness (QED) is 0.706. The molecular weight excluding hydrogens is 220 g/mol. The first-order valence-electron chi connectivity index (χ1n) is 5.80. The number of rotatable bonds is 8. The molecule has 0 fully saturated rings. The predicted molar refractivity (Wildman–Crippen MR) is 65.5 cm³/mol. The van der Waals surface area contributed by atoms with Gasteiger partial charge < -0.3 is 19.3 Å². The first-order chi connectivity index (χ1) is 8.33. The van der Waals surface area contributed by atoms with Crippen LogP contribution in [0.5, 0.6) is 11.5 Å². The van der Waals surface area contributed by atoms with E-state index in [0.29, 0.717) is 24.7 Å². The van der Waals surface area contributed by atoms with Gasteiger partial charge in [0, 0.05) is 12.2 Å². The summed E-state index contributed by atoms with van der Waals surface area (Å²) in [6, 6.07) is 5.44. The van der Waals surface area contributed by atoms with Gasteiger partial charge in [0.25, 0.3) is 0 Å². The van der Waals surface area contributed by atoms with E-state index < -0.39 is 0 Å². The van der Waals surface area contributed by atoms with E-state index in [0.717, 1.165) is 18.6 Å². The second-order valence-corrected chi connectivity index (χ2v) is 3.57. The minimum atomic E-state index is -0.0671. The van der Waals surface area contributed by atoms with Gasteiger partial charge in [-0.1, -0.05) is 19.1 Å². The van der Waals surface area contributed by atoms with Gasteiger partial charge in [0.2, 0.25) is 0 Å². The lowest BCUT2D eigenvalue weighted by atomic mass is 10.2. The van der Waals surface area contributed by atoms with Crippen molar-refractivity contribution >= 4 is 0 Å². The van der Waals surface area contributed by atoms with Crippen LogP contribution in [0.2, 0.25) is 0 Å². The molecule has 0 saturated heterocycles. The van der Waals surface area contributed by atoms with Crippen LogP contribution < -0.4 is 9.47 Å². The smallest absolute Gasteiger partial charge is 0.166 e. The van der Waals surface area contributed by atoms with Crippen LogP contribution in [0, 0.1) is 0 Å². The monoisotopic (exact) mass is 240 g/mol. The van der Waals surface area contributed by atoms with E-state index in [-0.39, 0.29) is 6.61 Å². The maximum Gasteiger partial charge on any atom is 0.166 e. The molecule has 1 rings (SSSR count). The second kappa shape index (κ2) is 7.92. The van der Waals surface area contributed by atoms with Gasteiger partial charge in [-0.2, -0.15) is 0 Å². The van der Waals surface area contributed by atoms with Gasteiger partial charge in [-0.3, -0.25) is 0 Å². The summed E-state index contributed by atoms with van der Waals surface area (Å²) in [6.45, 7) is 3.72. The van der Waals surface area contributed by atoms with Crippen molar-refractivity contribution in [2.24, 2.45) is 0 Å². The van der Waals surface area contributed by atoms with E-state index in [1.807, 2.05) is 12.1 Å². The van der Waals surface area contributed by atoms with Crippen molar-refractivity contribution in [1.29, 1.82) is 0 Å². The fourth-order valence-corrected chi connectivity index (χ4v) is 1.46. The summed E-state index contributed by atoms with van der Waals surface area (Å²) in [7, 11) is 1.58. The minimum Gasteiger partial charge on any atom is -0.493 e. The Kier molecular flexibility index (Phi) is 6.43. The second-order valence-electron chi connectivity index (χ2n) is 3.57. The van der Waals surface area contributed by atoms with Gasteiger partial charge in [0.05, 0.1) is 20.3 Å².